The van der Waals surface area contributed by atoms with Gasteiger partial charge >= 0.3 is 0 Å². The summed E-state index contributed by atoms with van der Waals surface area (Å²) in [7, 11) is 0. The van der Waals surface area contributed by atoms with E-state index < -0.39 is 6.10 Å². The largest absolute Gasteiger partial charge is 0.396 e. The van der Waals surface area contributed by atoms with Gasteiger partial charge in [-0.2, -0.15) is 0 Å². The van der Waals surface area contributed by atoms with E-state index in [1.807, 2.05) is 24.3 Å². The second-order valence-corrected chi connectivity index (χ2v) is 3.33. The number of carbonyl (C=O) groups is 1. The van der Waals surface area contributed by atoms with Gasteiger partial charge in [-0.3, -0.25) is 4.79 Å². The van der Waals surface area contributed by atoms with Crippen LogP contribution in [0.5, 0.6) is 0 Å². The number of aliphatic hydroxyl groups excluding tert-OH is 1. The van der Waals surface area contributed by atoms with Gasteiger partial charge < -0.3 is 9.84 Å². The zero-order valence-electron chi connectivity index (χ0n) is 7.77. The monoisotopic (exact) mass is 192 g/mol. The summed E-state index contributed by atoms with van der Waals surface area (Å²) < 4.78 is 5.35. The van der Waals surface area contributed by atoms with E-state index in [0.29, 0.717) is 13.0 Å². The summed E-state index contributed by atoms with van der Waals surface area (Å²) in [6, 6.07) is 7.44. The number of hydrogen-bond donors (Lipinski definition) is 1. The van der Waals surface area contributed by atoms with Crippen LogP contribution in [-0.2, 0) is 11.3 Å². The van der Waals surface area contributed by atoms with Gasteiger partial charge in [-0.15, -0.1) is 0 Å². The average molecular weight is 192 g/mol. The van der Waals surface area contributed by atoms with Gasteiger partial charge in [-0.05, 0) is 5.56 Å². The fourth-order valence-corrected chi connectivity index (χ4v) is 1.66. The maximum atomic E-state index is 11.8. The van der Waals surface area contributed by atoms with E-state index in [0.717, 1.165) is 11.1 Å². The van der Waals surface area contributed by atoms with Crippen molar-refractivity contribution >= 4 is 5.78 Å². The summed E-state index contributed by atoms with van der Waals surface area (Å²) in [5, 5.41) is 8.75. The zero-order valence-corrected chi connectivity index (χ0v) is 7.77. The quantitative estimate of drug-likeness (QED) is 0.764. The molecule has 3 heteroatoms. The number of aliphatic hydroxyl groups is 1. The van der Waals surface area contributed by atoms with Crippen LogP contribution in [0.3, 0.4) is 0 Å². The Morgan fingerprint density at radius 1 is 1.43 bits per heavy atom. The van der Waals surface area contributed by atoms with Crippen LogP contribution >= 0.6 is 0 Å². The van der Waals surface area contributed by atoms with E-state index in [2.05, 4.69) is 0 Å². The highest BCUT2D eigenvalue weighted by molar-refractivity contribution is 6.01. The molecule has 1 aliphatic rings. The van der Waals surface area contributed by atoms with E-state index in [4.69, 9.17) is 9.84 Å². The zero-order chi connectivity index (χ0) is 9.97. The van der Waals surface area contributed by atoms with Crippen LogP contribution < -0.4 is 0 Å². The highest BCUT2D eigenvalue weighted by Crippen LogP contribution is 2.21. The molecule has 0 aliphatic carbocycles. The summed E-state index contributed by atoms with van der Waals surface area (Å²) in [6.45, 7) is 0.450. The third kappa shape index (κ3) is 1.56. The molecule has 74 valence electrons. The van der Waals surface area contributed by atoms with Gasteiger partial charge in [0.25, 0.3) is 0 Å². The van der Waals surface area contributed by atoms with Gasteiger partial charge in [0.1, 0.15) is 6.10 Å². The number of benzene rings is 1. The van der Waals surface area contributed by atoms with Crippen LogP contribution in [0, 0.1) is 0 Å². The van der Waals surface area contributed by atoms with Crippen molar-refractivity contribution in [2.24, 2.45) is 0 Å². The molecule has 14 heavy (non-hydrogen) atoms. The molecule has 0 saturated heterocycles. The minimum Gasteiger partial charge on any atom is -0.396 e. The number of ether oxygens (including phenoxy) is 1. The van der Waals surface area contributed by atoms with Gasteiger partial charge in [0.15, 0.2) is 5.78 Å². The Hall–Kier alpha value is -1.19. The Labute approximate surface area is 82.3 Å². The molecule has 0 saturated carbocycles. The lowest BCUT2D eigenvalue weighted by Crippen LogP contribution is -2.30. The third-order valence-corrected chi connectivity index (χ3v) is 2.41. The minimum atomic E-state index is -0.463. The Kier molecular flexibility index (Phi) is 2.61. The van der Waals surface area contributed by atoms with Crippen LogP contribution in [0.25, 0.3) is 0 Å². The van der Waals surface area contributed by atoms with Gasteiger partial charge in [0.2, 0.25) is 0 Å². The Morgan fingerprint density at radius 2 is 2.21 bits per heavy atom. The smallest absolute Gasteiger partial charge is 0.192 e. The number of carbonyl (C=O) groups excluding carboxylic acids is 1. The molecule has 1 unspecified atom stereocenters. The van der Waals surface area contributed by atoms with Crippen molar-refractivity contribution in [3.05, 3.63) is 35.4 Å². The first-order valence-electron chi connectivity index (χ1n) is 4.67. The van der Waals surface area contributed by atoms with Crippen molar-refractivity contribution in [1.82, 2.24) is 0 Å². The summed E-state index contributed by atoms with van der Waals surface area (Å²) in [6.07, 6.45) is -0.0809. The van der Waals surface area contributed by atoms with Crippen molar-refractivity contribution in [3.63, 3.8) is 0 Å². The fourth-order valence-electron chi connectivity index (χ4n) is 1.66. The van der Waals surface area contributed by atoms with E-state index in [-0.39, 0.29) is 12.4 Å². The molecular weight excluding hydrogens is 180 g/mol. The van der Waals surface area contributed by atoms with Crippen molar-refractivity contribution in [3.8, 4) is 0 Å². The molecule has 1 aromatic carbocycles. The molecule has 0 fully saturated rings. The van der Waals surface area contributed by atoms with Crippen molar-refractivity contribution in [2.75, 3.05) is 6.61 Å². The molecule has 0 amide bonds. The normalized spacial score (nSPS) is 20.6. The molecule has 2 rings (SSSR count). The maximum absolute atomic E-state index is 11.8. The molecule has 1 aliphatic heterocycles. The molecule has 1 aromatic rings. The average Bonchev–Trinajstić information content (AvgIpc) is 2.23. The molecule has 1 N–H and O–H groups in total. The van der Waals surface area contributed by atoms with Crippen molar-refractivity contribution in [2.45, 2.75) is 19.1 Å². The first kappa shape index (κ1) is 9.37. The first-order valence-corrected chi connectivity index (χ1v) is 4.67. The number of Topliss-reactive ketones (excluding diaryl/α,β-unsaturated/α-hetero) is 1. The first-order chi connectivity index (χ1) is 6.83. The molecule has 1 heterocycles. The highest BCUT2D eigenvalue weighted by atomic mass is 16.5. The van der Waals surface area contributed by atoms with Crippen molar-refractivity contribution in [1.29, 1.82) is 0 Å². The standard InChI is InChI=1S/C11H12O3/c12-6-5-10-11(13)9-4-2-1-3-8(9)7-14-10/h1-4,10,12H,5-7H2. The molecule has 1 atom stereocenters. The predicted octanol–water partition coefficient (Wildman–Crippen LogP) is 1.15. The van der Waals surface area contributed by atoms with Gasteiger partial charge in [0, 0.05) is 18.6 Å². The van der Waals surface area contributed by atoms with E-state index in [1.165, 1.54) is 0 Å². The number of fused-ring (bicyclic) bond motifs is 1. The van der Waals surface area contributed by atoms with Crippen LogP contribution in [0.15, 0.2) is 24.3 Å². The lowest BCUT2D eigenvalue weighted by atomic mass is 9.96. The number of hydrogen-bond acceptors (Lipinski definition) is 3. The molecule has 3 nitrogen and oxygen atoms in total. The summed E-state index contributed by atoms with van der Waals surface area (Å²) in [5.74, 6) is -0.0131. The van der Waals surface area contributed by atoms with Gasteiger partial charge in [0.05, 0.1) is 6.61 Å². The summed E-state index contributed by atoms with van der Waals surface area (Å²) in [4.78, 5) is 11.8. The van der Waals surface area contributed by atoms with E-state index >= 15 is 0 Å². The third-order valence-electron chi connectivity index (χ3n) is 2.41. The second kappa shape index (κ2) is 3.90. The fraction of sp³-hybridized carbons (Fsp3) is 0.364. The van der Waals surface area contributed by atoms with Crippen LogP contribution in [0.4, 0.5) is 0 Å². The number of ketones is 1. The van der Waals surface area contributed by atoms with Gasteiger partial charge in [-0.25, -0.2) is 0 Å². The highest BCUT2D eigenvalue weighted by Gasteiger charge is 2.26. The molecule has 0 spiro atoms. The van der Waals surface area contributed by atoms with Gasteiger partial charge in [-0.1, -0.05) is 24.3 Å². The molecule has 0 bridgehead atoms. The van der Waals surface area contributed by atoms with Crippen LogP contribution in [0.2, 0.25) is 0 Å². The molecule has 0 aromatic heterocycles. The summed E-state index contributed by atoms with van der Waals surface area (Å²) in [5.41, 5.74) is 1.67. The number of rotatable bonds is 2. The van der Waals surface area contributed by atoms with E-state index in [9.17, 15) is 4.79 Å². The predicted molar refractivity (Wildman–Crippen MR) is 51.1 cm³/mol. The SMILES string of the molecule is O=C1c2ccccc2COC1CCO. The van der Waals surface area contributed by atoms with Crippen molar-refractivity contribution < 1.29 is 14.6 Å². The Bertz CT molecular complexity index is 346. The topological polar surface area (TPSA) is 46.5 Å². The maximum Gasteiger partial charge on any atom is 0.192 e. The summed E-state index contributed by atoms with van der Waals surface area (Å²) >= 11 is 0. The van der Waals surface area contributed by atoms with Crippen LogP contribution in [-0.4, -0.2) is 23.6 Å². The second-order valence-electron chi connectivity index (χ2n) is 3.33. The Balaban J connectivity index is 2.27. The molecule has 0 radical (unpaired) electrons. The lowest BCUT2D eigenvalue weighted by Gasteiger charge is -2.23. The van der Waals surface area contributed by atoms with Crippen LogP contribution in [0.1, 0.15) is 22.3 Å². The Morgan fingerprint density at radius 3 is 3.00 bits per heavy atom. The minimum absolute atomic E-state index is 0.0131. The van der Waals surface area contributed by atoms with E-state index in [1.54, 1.807) is 0 Å². The lowest BCUT2D eigenvalue weighted by molar-refractivity contribution is 0.0165. The molecular formula is C11H12O3.